The van der Waals surface area contributed by atoms with Crippen molar-refractivity contribution in [2.75, 3.05) is 13.7 Å². The third-order valence-electron chi connectivity index (χ3n) is 5.34. The van der Waals surface area contributed by atoms with Gasteiger partial charge in [0, 0.05) is 25.3 Å². The molecule has 0 unspecified atom stereocenters. The highest BCUT2D eigenvalue weighted by molar-refractivity contribution is 6.00. The maximum Gasteiger partial charge on any atom is 0.348 e. The van der Waals surface area contributed by atoms with Crippen LogP contribution in [0.2, 0.25) is 0 Å². The van der Waals surface area contributed by atoms with Crippen molar-refractivity contribution in [2.45, 2.75) is 58.0 Å². The van der Waals surface area contributed by atoms with Crippen molar-refractivity contribution >= 4 is 17.5 Å². The molecule has 1 aliphatic rings. The summed E-state index contributed by atoms with van der Waals surface area (Å²) in [6, 6.07) is 6.24. The van der Waals surface area contributed by atoms with E-state index in [0.717, 1.165) is 19.3 Å². The molecule has 172 valence electrons. The smallest absolute Gasteiger partial charge is 0.348 e. The van der Waals surface area contributed by atoms with E-state index in [9.17, 15) is 14.4 Å². The van der Waals surface area contributed by atoms with Crippen LogP contribution in [0, 0.1) is 0 Å². The number of hydrogen-bond acceptors (Lipinski definition) is 7. The quantitative estimate of drug-likeness (QED) is 0.446. The van der Waals surface area contributed by atoms with E-state index in [2.05, 4.69) is 17.4 Å². The largest absolute Gasteiger partial charge is 0.467 e. The molecule has 2 amide bonds. The number of oxime groups is 1. The maximum absolute atomic E-state index is 13.1. The van der Waals surface area contributed by atoms with Gasteiger partial charge in [-0.05, 0) is 30.7 Å². The number of hydrogen-bond donors (Lipinski definition) is 1. The fourth-order valence-electron chi connectivity index (χ4n) is 3.72. The lowest BCUT2D eigenvalue weighted by molar-refractivity contribution is -0.122. The molecule has 1 fully saturated rings. The molecule has 2 aromatic heterocycles. The summed E-state index contributed by atoms with van der Waals surface area (Å²) in [4.78, 5) is 44.4. The van der Waals surface area contributed by atoms with Crippen LogP contribution in [0.5, 0.6) is 0 Å². The normalized spacial score (nSPS) is 17.0. The Balaban J connectivity index is 1.69. The Hall–Kier alpha value is -3.36. The van der Waals surface area contributed by atoms with Crippen LogP contribution in [0.4, 0.5) is 0 Å². The van der Waals surface area contributed by atoms with E-state index >= 15 is 0 Å². The van der Waals surface area contributed by atoms with Gasteiger partial charge < -0.3 is 23.9 Å². The predicted molar refractivity (Wildman–Crippen MR) is 117 cm³/mol. The second-order valence-corrected chi connectivity index (χ2v) is 7.75. The molecule has 0 aromatic carbocycles. The third kappa shape index (κ3) is 6.09. The lowest BCUT2D eigenvalue weighted by Crippen LogP contribution is -2.40. The van der Waals surface area contributed by atoms with Crippen molar-refractivity contribution in [3.05, 3.63) is 58.0 Å². The van der Waals surface area contributed by atoms with Crippen LogP contribution in [-0.4, -0.2) is 42.1 Å². The number of carbonyl (C=O) groups is 2. The second-order valence-electron chi connectivity index (χ2n) is 7.75. The van der Waals surface area contributed by atoms with Gasteiger partial charge in [-0.2, -0.15) is 0 Å². The van der Waals surface area contributed by atoms with Gasteiger partial charge >= 0.3 is 5.63 Å². The monoisotopic (exact) mass is 443 g/mol. The zero-order valence-electron chi connectivity index (χ0n) is 18.5. The van der Waals surface area contributed by atoms with Crippen LogP contribution >= 0.6 is 0 Å². The Morgan fingerprint density at radius 1 is 1.25 bits per heavy atom. The first-order valence-electron chi connectivity index (χ1n) is 10.8. The Morgan fingerprint density at radius 2 is 2.09 bits per heavy atom. The third-order valence-corrected chi connectivity index (χ3v) is 5.34. The number of likely N-dealkylation sites (tertiary alicyclic amines) is 1. The minimum absolute atomic E-state index is 0.0519. The predicted octanol–water partition coefficient (Wildman–Crippen LogP) is 2.89. The number of nitrogens with one attached hydrogen (secondary N) is 1. The number of furan rings is 1. The number of nitrogens with zero attached hydrogens (tertiary/aromatic N) is 2. The van der Waals surface area contributed by atoms with E-state index in [0.29, 0.717) is 30.1 Å². The van der Waals surface area contributed by atoms with Gasteiger partial charge in [0.1, 0.15) is 24.2 Å². The molecule has 0 spiro atoms. The van der Waals surface area contributed by atoms with E-state index < -0.39 is 17.6 Å². The molecule has 0 radical (unpaired) electrons. The molecular formula is C23H29N3O6. The van der Waals surface area contributed by atoms with Crippen LogP contribution in [-0.2, 0) is 22.6 Å². The van der Waals surface area contributed by atoms with Crippen molar-refractivity contribution in [1.29, 1.82) is 0 Å². The van der Waals surface area contributed by atoms with E-state index in [1.807, 2.05) is 0 Å². The molecule has 1 aliphatic heterocycles. The van der Waals surface area contributed by atoms with Gasteiger partial charge in [-0.25, -0.2) is 4.79 Å². The van der Waals surface area contributed by atoms with Crippen LogP contribution in [0.1, 0.15) is 60.9 Å². The summed E-state index contributed by atoms with van der Waals surface area (Å²) >= 11 is 0. The van der Waals surface area contributed by atoms with Gasteiger partial charge in [0.2, 0.25) is 5.91 Å². The number of unbranched alkanes of at least 4 members (excludes halogenated alkanes) is 2. The zero-order chi connectivity index (χ0) is 22.9. The van der Waals surface area contributed by atoms with Gasteiger partial charge in [0.05, 0.1) is 25.1 Å². The average molecular weight is 444 g/mol. The molecule has 3 rings (SSSR count). The van der Waals surface area contributed by atoms with Gasteiger partial charge in [-0.3, -0.25) is 9.59 Å². The molecule has 1 atom stereocenters. The first kappa shape index (κ1) is 23.3. The SMILES string of the molecule is CCCCCc1ccc(C(=O)N2CC(=NOC)C[C@H]2CC(=O)NCc2ccco2)c(=O)o1. The minimum Gasteiger partial charge on any atom is -0.467 e. The summed E-state index contributed by atoms with van der Waals surface area (Å²) < 4.78 is 10.6. The summed E-state index contributed by atoms with van der Waals surface area (Å²) in [5.74, 6) is 0.484. The topological polar surface area (TPSA) is 114 Å². The number of aryl methyl sites for hydroxylation is 1. The van der Waals surface area contributed by atoms with Gasteiger partial charge in [0.25, 0.3) is 5.91 Å². The van der Waals surface area contributed by atoms with E-state index in [4.69, 9.17) is 13.7 Å². The van der Waals surface area contributed by atoms with Gasteiger partial charge in [-0.1, -0.05) is 24.9 Å². The Bertz CT molecular complexity index is 995. The van der Waals surface area contributed by atoms with E-state index in [-0.39, 0.29) is 31.0 Å². The lowest BCUT2D eigenvalue weighted by atomic mass is 10.1. The minimum atomic E-state index is -0.665. The first-order valence-corrected chi connectivity index (χ1v) is 10.8. The van der Waals surface area contributed by atoms with Crippen molar-refractivity contribution in [2.24, 2.45) is 5.16 Å². The fourth-order valence-corrected chi connectivity index (χ4v) is 3.72. The average Bonchev–Trinajstić information content (AvgIpc) is 3.42. The summed E-state index contributed by atoms with van der Waals surface area (Å²) in [6.07, 6.45) is 5.67. The molecule has 9 nitrogen and oxygen atoms in total. The molecule has 0 saturated carbocycles. The highest BCUT2D eigenvalue weighted by atomic mass is 16.6. The van der Waals surface area contributed by atoms with Gasteiger partial charge in [0.15, 0.2) is 0 Å². The molecule has 2 aromatic rings. The molecule has 9 heteroatoms. The van der Waals surface area contributed by atoms with Crippen molar-refractivity contribution < 1.29 is 23.3 Å². The summed E-state index contributed by atoms with van der Waals surface area (Å²) in [6.45, 7) is 2.54. The van der Waals surface area contributed by atoms with Crippen LogP contribution < -0.4 is 10.9 Å². The molecule has 32 heavy (non-hydrogen) atoms. The summed E-state index contributed by atoms with van der Waals surface area (Å²) in [7, 11) is 1.43. The van der Waals surface area contributed by atoms with Crippen LogP contribution in [0.3, 0.4) is 0 Å². The number of amides is 2. The highest BCUT2D eigenvalue weighted by Crippen LogP contribution is 2.21. The number of carbonyl (C=O) groups excluding carboxylic acids is 2. The Labute approximate surface area is 186 Å². The molecule has 0 bridgehead atoms. The van der Waals surface area contributed by atoms with Crippen LogP contribution in [0.25, 0.3) is 0 Å². The molecule has 1 saturated heterocycles. The highest BCUT2D eigenvalue weighted by Gasteiger charge is 2.36. The molecule has 1 N–H and O–H groups in total. The molecule has 0 aliphatic carbocycles. The van der Waals surface area contributed by atoms with E-state index in [1.165, 1.54) is 24.3 Å². The molecular weight excluding hydrogens is 414 g/mol. The van der Waals surface area contributed by atoms with Gasteiger partial charge in [-0.15, -0.1) is 0 Å². The summed E-state index contributed by atoms with van der Waals surface area (Å²) in [5.41, 5.74) is -0.0868. The van der Waals surface area contributed by atoms with Crippen LogP contribution in [0.15, 0.2) is 49.3 Å². The number of rotatable bonds is 10. The Morgan fingerprint density at radius 3 is 2.78 bits per heavy atom. The Kier molecular flexibility index (Phi) is 8.24. The zero-order valence-corrected chi connectivity index (χ0v) is 18.5. The lowest BCUT2D eigenvalue weighted by Gasteiger charge is -2.23. The second kappa shape index (κ2) is 11.3. The van der Waals surface area contributed by atoms with Crippen molar-refractivity contribution in [3.63, 3.8) is 0 Å². The van der Waals surface area contributed by atoms with Crippen molar-refractivity contribution in [1.82, 2.24) is 10.2 Å². The molecule has 3 heterocycles. The first-order chi connectivity index (χ1) is 15.5. The standard InChI is InChI=1S/C23H29N3O6/c1-3-4-5-7-18-9-10-20(23(29)32-18)22(28)26-15-16(25-30-2)12-17(26)13-21(27)24-14-19-8-6-11-31-19/h6,8-11,17H,3-5,7,12-15H2,1-2H3,(H,24,27)/t17-/m0/s1. The van der Waals surface area contributed by atoms with E-state index in [1.54, 1.807) is 18.2 Å². The fraction of sp³-hybridized carbons (Fsp3) is 0.478. The summed E-state index contributed by atoms with van der Waals surface area (Å²) in [5, 5.41) is 6.73. The van der Waals surface area contributed by atoms with Crippen molar-refractivity contribution in [3.8, 4) is 0 Å². The maximum atomic E-state index is 13.1.